The van der Waals surface area contributed by atoms with Crippen LogP contribution in [0.1, 0.15) is 12.8 Å². The summed E-state index contributed by atoms with van der Waals surface area (Å²) in [4.78, 5) is 9.94. The average Bonchev–Trinajstić information content (AvgIpc) is 1.57. The van der Waals surface area contributed by atoms with Gasteiger partial charge in [-0.2, -0.15) is 13.2 Å². The van der Waals surface area contributed by atoms with Gasteiger partial charge < -0.3 is 4.79 Å². The van der Waals surface area contributed by atoms with E-state index in [2.05, 4.69) is 0 Å². The molecule has 2 atom stereocenters. The van der Waals surface area contributed by atoms with E-state index >= 15 is 0 Å². The lowest BCUT2D eigenvalue weighted by atomic mass is 9.74. The van der Waals surface area contributed by atoms with Gasteiger partial charge in [-0.25, -0.2) is 0 Å². The summed E-state index contributed by atoms with van der Waals surface area (Å²) in [7, 11) is 0. The van der Waals surface area contributed by atoms with E-state index < -0.39 is 18.0 Å². The number of rotatable bonds is 1. The van der Waals surface area contributed by atoms with Crippen LogP contribution in [-0.4, -0.2) is 12.5 Å². The highest BCUT2D eigenvalue weighted by Gasteiger charge is 2.49. The Bertz CT molecular complexity index is 140. The molecule has 1 aliphatic carbocycles. The van der Waals surface area contributed by atoms with Crippen molar-refractivity contribution < 1.29 is 18.0 Å². The van der Waals surface area contributed by atoms with E-state index in [0.717, 1.165) is 0 Å². The van der Waals surface area contributed by atoms with Crippen LogP contribution in [0.25, 0.3) is 0 Å². The molecule has 0 aliphatic heterocycles. The Morgan fingerprint density at radius 1 is 1.30 bits per heavy atom. The SMILES string of the molecule is O=C[C@@H]1CC[C@H]1C(F)(F)F. The first kappa shape index (κ1) is 7.57. The molecule has 0 amide bonds. The van der Waals surface area contributed by atoms with Gasteiger partial charge in [0.25, 0.3) is 0 Å². The van der Waals surface area contributed by atoms with Crippen molar-refractivity contribution in [1.82, 2.24) is 0 Å². The van der Waals surface area contributed by atoms with E-state index in [4.69, 9.17) is 0 Å². The Kier molecular flexibility index (Phi) is 1.70. The van der Waals surface area contributed by atoms with Crippen LogP contribution in [0.3, 0.4) is 0 Å². The minimum Gasteiger partial charge on any atom is -0.303 e. The number of carbonyl (C=O) groups is 1. The van der Waals surface area contributed by atoms with Crippen molar-refractivity contribution in [2.45, 2.75) is 19.0 Å². The number of alkyl halides is 3. The van der Waals surface area contributed by atoms with Crippen molar-refractivity contribution in [3.63, 3.8) is 0 Å². The van der Waals surface area contributed by atoms with Crippen molar-refractivity contribution >= 4 is 6.29 Å². The second kappa shape index (κ2) is 2.25. The third kappa shape index (κ3) is 1.15. The lowest BCUT2D eigenvalue weighted by molar-refractivity contribution is -0.209. The molecule has 0 aromatic carbocycles. The average molecular weight is 152 g/mol. The Morgan fingerprint density at radius 3 is 2.00 bits per heavy atom. The maximum absolute atomic E-state index is 11.8. The third-order valence-corrected chi connectivity index (χ3v) is 1.92. The van der Waals surface area contributed by atoms with Crippen LogP contribution in [0.5, 0.6) is 0 Å². The van der Waals surface area contributed by atoms with Gasteiger partial charge in [-0.05, 0) is 12.8 Å². The zero-order valence-corrected chi connectivity index (χ0v) is 5.19. The Balaban J connectivity index is 2.50. The molecular formula is C6H7F3O. The molecule has 0 aromatic heterocycles. The van der Waals surface area contributed by atoms with E-state index in [1.807, 2.05) is 0 Å². The highest BCUT2D eigenvalue weighted by molar-refractivity contribution is 5.55. The van der Waals surface area contributed by atoms with Gasteiger partial charge in [0.1, 0.15) is 6.29 Å². The number of aldehydes is 1. The summed E-state index contributed by atoms with van der Waals surface area (Å²) in [5.74, 6) is -2.12. The lowest BCUT2D eigenvalue weighted by Crippen LogP contribution is -2.38. The van der Waals surface area contributed by atoms with Gasteiger partial charge in [0.15, 0.2) is 0 Å². The van der Waals surface area contributed by atoms with E-state index in [-0.39, 0.29) is 6.42 Å². The fourth-order valence-electron chi connectivity index (χ4n) is 1.10. The maximum Gasteiger partial charge on any atom is 0.392 e. The summed E-state index contributed by atoms with van der Waals surface area (Å²) in [5, 5.41) is 0. The molecule has 0 saturated heterocycles. The van der Waals surface area contributed by atoms with Crippen molar-refractivity contribution in [2.75, 3.05) is 0 Å². The maximum atomic E-state index is 11.8. The third-order valence-electron chi connectivity index (χ3n) is 1.92. The summed E-state index contributed by atoms with van der Waals surface area (Å²) in [6.45, 7) is 0. The molecule has 1 rings (SSSR count). The summed E-state index contributed by atoms with van der Waals surface area (Å²) in [5.41, 5.74) is 0. The van der Waals surface area contributed by atoms with Crippen LogP contribution >= 0.6 is 0 Å². The standard InChI is InChI=1S/C6H7F3O/c7-6(8,9)5-2-1-4(5)3-10/h3-5H,1-2H2/t4-,5+/m0/s1. The van der Waals surface area contributed by atoms with Gasteiger partial charge in [0, 0.05) is 5.92 Å². The van der Waals surface area contributed by atoms with Gasteiger partial charge in [0.05, 0.1) is 5.92 Å². The van der Waals surface area contributed by atoms with Gasteiger partial charge in [-0.1, -0.05) is 0 Å². The fraction of sp³-hybridized carbons (Fsp3) is 0.833. The molecule has 0 aromatic rings. The first-order valence-corrected chi connectivity index (χ1v) is 3.07. The van der Waals surface area contributed by atoms with Crippen LogP contribution in [-0.2, 0) is 4.79 Å². The second-order valence-electron chi connectivity index (χ2n) is 2.53. The molecule has 0 unspecified atom stereocenters. The summed E-state index contributed by atoms with van der Waals surface area (Å²) in [6.07, 6.45) is -3.24. The van der Waals surface area contributed by atoms with Gasteiger partial charge in [0.2, 0.25) is 0 Å². The molecule has 0 spiro atoms. The van der Waals surface area contributed by atoms with Gasteiger partial charge in [-0.15, -0.1) is 0 Å². The minimum absolute atomic E-state index is 0.118. The summed E-state index contributed by atoms with van der Waals surface area (Å²) < 4.78 is 35.3. The molecule has 4 heteroatoms. The molecule has 1 aliphatic rings. The van der Waals surface area contributed by atoms with Crippen LogP contribution in [0.4, 0.5) is 13.2 Å². The van der Waals surface area contributed by atoms with Gasteiger partial charge in [-0.3, -0.25) is 0 Å². The smallest absolute Gasteiger partial charge is 0.303 e. The second-order valence-corrected chi connectivity index (χ2v) is 2.53. The topological polar surface area (TPSA) is 17.1 Å². The Morgan fingerprint density at radius 2 is 1.90 bits per heavy atom. The summed E-state index contributed by atoms with van der Waals surface area (Å²) in [6, 6.07) is 0. The normalized spacial score (nSPS) is 33.1. The van der Waals surface area contributed by atoms with E-state index in [1.165, 1.54) is 0 Å². The number of hydrogen-bond acceptors (Lipinski definition) is 1. The van der Waals surface area contributed by atoms with Crippen molar-refractivity contribution in [2.24, 2.45) is 11.8 Å². The molecule has 0 bridgehead atoms. The molecular weight excluding hydrogens is 145 g/mol. The minimum atomic E-state index is -4.16. The van der Waals surface area contributed by atoms with Gasteiger partial charge >= 0.3 is 6.18 Å². The molecule has 0 radical (unpaired) electrons. The molecule has 0 N–H and O–H groups in total. The number of carbonyl (C=O) groups excluding carboxylic acids is 1. The lowest BCUT2D eigenvalue weighted by Gasteiger charge is -2.33. The largest absolute Gasteiger partial charge is 0.392 e. The van der Waals surface area contributed by atoms with E-state index in [0.29, 0.717) is 12.7 Å². The monoisotopic (exact) mass is 152 g/mol. The van der Waals surface area contributed by atoms with Crippen LogP contribution < -0.4 is 0 Å². The number of halogens is 3. The Hall–Kier alpha value is -0.540. The zero-order chi connectivity index (χ0) is 7.78. The molecule has 0 heterocycles. The van der Waals surface area contributed by atoms with Crippen LogP contribution in [0.2, 0.25) is 0 Å². The molecule has 58 valence electrons. The van der Waals surface area contributed by atoms with E-state index in [9.17, 15) is 18.0 Å². The zero-order valence-electron chi connectivity index (χ0n) is 5.19. The van der Waals surface area contributed by atoms with Crippen molar-refractivity contribution in [1.29, 1.82) is 0 Å². The quantitative estimate of drug-likeness (QED) is 0.523. The Labute approximate surface area is 56.2 Å². The molecule has 1 fully saturated rings. The summed E-state index contributed by atoms with van der Waals surface area (Å²) >= 11 is 0. The number of hydrogen-bond donors (Lipinski definition) is 0. The fourth-order valence-corrected chi connectivity index (χ4v) is 1.10. The van der Waals surface area contributed by atoms with Crippen LogP contribution in [0, 0.1) is 11.8 Å². The molecule has 10 heavy (non-hydrogen) atoms. The molecule has 1 nitrogen and oxygen atoms in total. The van der Waals surface area contributed by atoms with Crippen LogP contribution in [0.15, 0.2) is 0 Å². The van der Waals surface area contributed by atoms with Crippen molar-refractivity contribution in [3.8, 4) is 0 Å². The van der Waals surface area contributed by atoms with Crippen molar-refractivity contribution in [3.05, 3.63) is 0 Å². The highest BCUT2D eigenvalue weighted by atomic mass is 19.4. The first-order valence-electron chi connectivity index (χ1n) is 3.07. The van der Waals surface area contributed by atoms with E-state index in [1.54, 1.807) is 0 Å². The molecule has 1 saturated carbocycles. The first-order chi connectivity index (χ1) is 4.55. The predicted octanol–water partition coefficient (Wildman–Crippen LogP) is 1.77. The predicted molar refractivity (Wildman–Crippen MR) is 28.3 cm³/mol. The highest BCUT2D eigenvalue weighted by Crippen LogP contribution is 2.44.